The summed E-state index contributed by atoms with van der Waals surface area (Å²) in [7, 11) is 0. The number of amides is 1. The minimum absolute atomic E-state index is 0.259. The molecule has 116 valence electrons. The van der Waals surface area contributed by atoms with Crippen molar-refractivity contribution < 1.29 is 4.79 Å². The van der Waals surface area contributed by atoms with Crippen molar-refractivity contribution in [3.8, 4) is 0 Å². The fourth-order valence-electron chi connectivity index (χ4n) is 2.48. The highest BCUT2D eigenvalue weighted by atomic mass is 32.2. The predicted octanol–water partition coefficient (Wildman–Crippen LogP) is 2.90. The normalized spacial score (nSPS) is 17.7. The van der Waals surface area contributed by atoms with Crippen LogP contribution in [0.4, 0.5) is 0 Å². The average molecular weight is 306 g/mol. The van der Waals surface area contributed by atoms with Crippen LogP contribution in [-0.4, -0.2) is 23.5 Å². The molecule has 2 rings (SSSR count). The maximum absolute atomic E-state index is 12.3. The third-order valence-corrected chi connectivity index (χ3v) is 5.18. The molecule has 1 aromatic carbocycles. The van der Waals surface area contributed by atoms with E-state index < -0.39 is 5.54 Å². The van der Waals surface area contributed by atoms with Gasteiger partial charge in [0.25, 0.3) is 0 Å². The molecule has 0 aliphatic heterocycles. The number of primary amides is 1. The summed E-state index contributed by atoms with van der Waals surface area (Å²) in [6, 6.07) is 10.4. The Kier molecular flexibility index (Phi) is 5.71. The Labute approximate surface area is 132 Å². The average Bonchev–Trinajstić information content (AvgIpc) is 3.26. The fourth-order valence-corrected chi connectivity index (χ4v) is 3.57. The molecule has 1 amide bonds. The molecule has 0 spiro atoms. The zero-order chi connectivity index (χ0) is 15.3. The summed E-state index contributed by atoms with van der Waals surface area (Å²) in [6.07, 6.45) is 3.03. The molecular formula is C17H26N2OS. The van der Waals surface area contributed by atoms with Gasteiger partial charge in [-0.1, -0.05) is 44.2 Å². The van der Waals surface area contributed by atoms with Crippen LogP contribution in [0.3, 0.4) is 0 Å². The second-order valence-corrected chi connectivity index (χ2v) is 7.42. The number of nitrogens with two attached hydrogens (primary N) is 1. The van der Waals surface area contributed by atoms with E-state index in [4.69, 9.17) is 5.73 Å². The summed E-state index contributed by atoms with van der Waals surface area (Å²) in [5, 5.41) is 3.52. The quantitative estimate of drug-likeness (QED) is 0.690. The highest BCUT2D eigenvalue weighted by Gasteiger charge is 2.42. The molecule has 1 aliphatic rings. The van der Waals surface area contributed by atoms with E-state index in [1.807, 2.05) is 42.1 Å². The van der Waals surface area contributed by atoms with E-state index in [9.17, 15) is 4.79 Å². The Hall–Kier alpha value is -1.00. The van der Waals surface area contributed by atoms with Crippen LogP contribution < -0.4 is 11.1 Å². The zero-order valence-corrected chi connectivity index (χ0v) is 13.8. The number of hydrogen-bond donors (Lipinski definition) is 2. The Balaban J connectivity index is 2.13. The standard InChI is InChI=1S/C17H26N2OS/c1-13(2)12-21-11-10-17(16(18)20,19-15-8-9-15)14-6-4-3-5-7-14/h3-7,13,15,19H,8-12H2,1-2H3,(H2,18,20). The molecule has 21 heavy (non-hydrogen) atoms. The first-order chi connectivity index (χ1) is 10.0. The van der Waals surface area contributed by atoms with Crippen LogP contribution in [0.2, 0.25) is 0 Å². The van der Waals surface area contributed by atoms with Crippen molar-refractivity contribution in [2.75, 3.05) is 11.5 Å². The highest BCUT2D eigenvalue weighted by molar-refractivity contribution is 7.99. The lowest BCUT2D eigenvalue weighted by Crippen LogP contribution is -2.54. The van der Waals surface area contributed by atoms with Gasteiger partial charge in [0.1, 0.15) is 5.54 Å². The maximum Gasteiger partial charge on any atom is 0.242 e. The third kappa shape index (κ3) is 4.48. The second kappa shape index (κ2) is 7.32. The van der Waals surface area contributed by atoms with Gasteiger partial charge >= 0.3 is 0 Å². The van der Waals surface area contributed by atoms with Gasteiger partial charge in [0.05, 0.1) is 0 Å². The van der Waals surface area contributed by atoms with Crippen LogP contribution in [0.5, 0.6) is 0 Å². The Morgan fingerprint density at radius 2 is 2.05 bits per heavy atom. The lowest BCUT2D eigenvalue weighted by Gasteiger charge is -2.32. The minimum Gasteiger partial charge on any atom is -0.368 e. The van der Waals surface area contributed by atoms with Crippen molar-refractivity contribution in [3.63, 3.8) is 0 Å². The Morgan fingerprint density at radius 3 is 2.57 bits per heavy atom. The summed E-state index contributed by atoms with van der Waals surface area (Å²) in [4.78, 5) is 12.3. The monoisotopic (exact) mass is 306 g/mol. The minimum atomic E-state index is -0.716. The Morgan fingerprint density at radius 1 is 1.38 bits per heavy atom. The lowest BCUT2D eigenvalue weighted by molar-refractivity contribution is -0.125. The predicted molar refractivity (Wildman–Crippen MR) is 90.3 cm³/mol. The molecule has 0 heterocycles. The van der Waals surface area contributed by atoms with Crippen molar-refractivity contribution >= 4 is 17.7 Å². The molecule has 1 aliphatic carbocycles. The van der Waals surface area contributed by atoms with E-state index in [-0.39, 0.29) is 5.91 Å². The van der Waals surface area contributed by atoms with Crippen LogP contribution in [0.15, 0.2) is 30.3 Å². The zero-order valence-electron chi connectivity index (χ0n) is 13.0. The topological polar surface area (TPSA) is 55.1 Å². The van der Waals surface area contributed by atoms with E-state index in [1.165, 1.54) is 0 Å². The van der Waals surface area contributed by atoms with Crippen molar-refractivity contribution in [1.29, 1.82) is 0 Å². The number of carbonyl (C=O) groups is 1. The van der Waals surface area contributed by atoms with Crippen molar-refractivity contribution in [1.82, 2.24) is 5.32 Å². The van der Waals surface area contributed by atoms with Gasteiger partial charge in [0, 0.05) is 6.04 Å². The molecule has 1 unspecified atom stereocenters. The number of benzene rings is 1. The van der Waals surface area contributed by atoms with Gasteiger partial charge in [0.15, 0.2) is 0 Å². The molecule has 3 nitrogen and oxygen atoms in total. The largest absolute Gasteiger partial charge is 0.368 e. The summed E-state index contributed by atoms with van der Waals surface area (Å²) in [5.41, 5.74) is 6.09. The maximum atomic E-state index is 12.3. The number of carbonyl (C=O) groups excluding carboxylic acids is 1. The molecule has 1 aromatic rings. The molecule has 3 N–H and O–H groups in total. The highest BCUT2D eigenvalue weighted by Crippen LogP contribution is 2.32. The first-order valence-corrected chi connectivity index (χ1v) is 8.91. The first-order valence-electron chi connectivity index (χ1n) is 7.75. The lowest BCUT2D eigenvalue weighted by atomic mass is 9.86. The second-order valence-electron chi connectivity index (χ2n) is 6.27. The first kappa shape index (κ1) is 16.4. The van der Waals surface area contributed by atoms with Crippen LogP contribution in [0, 0.1) is 5.92 Å². The smallest absolute Gasteiger partial charge is 0.242 e. The van der Waals surface area contributed by atoms with E-state index in [0.29, 0.717) is 12.0 Å². The van der Waals surface area contributed by atoms with Crippen LogP contribution in [0.25, 0.3) is 0 Å². The van der Waals surface area contributed by atoms with Gasteiger partial charge < -0.3 is 5.73 Å². The number of nitrogens with one attached hydrogen (secondary N) is 1. The molecular weight excluding hydrogens is 280 g/mol. The number of rotatable bonds is 9. The molecule has 1 fully saturated rings. The number of hydrogen-bond acceptors (Lipinski definition) is 3. The molecule has 0 bridgehead atoms. The van der Waals surface area contributed by atoms with Gasteiger partial charge in [0.2, 0.25) is 5.91 Å². The Bertz CT molecular complexity index is 459. The van der Waals surface area contributed by atoms with E-state index >= 15 is 0 Å². The fraction of sp³-hybridized carbons (Fsp3) is 0.588. The summed E-state index contributed by atoms with van der Waals surface area (Å²) < 4.78 is 0. The molecule has 1 atom stereocenters. The van der Waals surface area contributed by atoms with E-state index in [1.54, 1.807) is 0 Å². The molecule has 0 saturated heterocycles. The van der Waals surface area contributed by atoms with Gasteiger partial charge in [-0.05, 0) is 42.2 Å². The van der Waals surface area contributed by atoms with Gasteiger partial charge in [-0.2, -0.15) is 11.8 Å². The van der Waals surface area contributed by atoms with Crippen molar-refractivity contribution in [3.05, 3.63) is 35.9 Å². The van der Waals surface area contributed by atoms with Gasteiger partial charge in [-0.25, -0.2) is 0 Å². The molecule has 4 heteroatoms. The third-order valence-electron chi connectivity index (χ3n) is 3.79. The summed E-state index contributed by atoms with van der Waals surface area (Å²) in [6.45, 7) is 4.43. The van der Waals surface area contributed by atoms with Crippen LogP contribution in [-0.2, 0) is 10.3 Å². The molecule has 0 radical (unpaired) electrons. The number of thioether (sulfide) groups is 1. The van der Waals surface area contributed by atoms with Crippen LogP contribution >= 0.6 is 11.8 Å². The van der Waals surface area contributed by atoms with E-state index in [2.05, 4.69) is 19.2 Å². The molecule has 0 aromatic heterocycles. The van der Waals surface area contributed by atoms with E-state index in [0.717, 1.165) is 36.3 Å². The summed E-state index contributed by atoms with van der Waals surface area (Å²) in [5.74, 6) is 2.47. The van der Waals surface area contributed by atoms with Crippen molar-refractivity contribution in [2.24, 2.45) is 11.7 Å². The van der Waals surface area contributed by atoms with Crippen LogP contribution in [0.1, 0.15) is 38.7 Å². The van der Waals surface area contributed by atoms with Crippen molar-refractivity contribution in [2.45, 2.75) is 44.7 Å². The van der Waals surface area contributed by atoms with Gasteiger partial charge in [-0.3, -0.25) is 10.1 Å². The SMILES string of the molecule is CC(C)CSCCC(NC1CC1)(C(N)=O)c1ccccc1. The molecule has 1 saturated carbocycles. The summed E-state index contributed by atoms with van der Waals surface area (Å²) >= 11 is 1.90. The van der Waals surface area contributed by atoms with Gasteiger partial charge in [-0.15, -0.1) is 0 Å².